The third-order valence-electron chi connectivity index (χ3n) is 3.84. The normalized spacial score (nSPS) is 14.9. The third-order valence-corrected chi connectivity index (χ3v) is 3.84. The van der Waals surface area contributed by atoms with E-state index in [1.54, 1.807) is 7.11 Å². The van der Waals surface area contributed by atoms with Gasteiger partial charge < -0.3 is 19.7 Å². The molecule has 1 saturated heterocycles. The van der Waals surface area contributed by atoms with Crippen LogP contribution in [0.3, 0.4) is 0 Å². The molecular weight excluding hydrogens is 290 g/mol. The Morgan fingerprint density at radius 3 is 2.65 bits per heavy atom. The lowest BCUT2D eigenvalue weighted by molar-refractivity contribution is 0.294. The van der Waals surface area contributed by atoms with Crippen LogP contribution in [0.1, 0.15) is 38.7 Å². The summed E-state index contributed by atoms with van der Waals surface area (Å²) < 4.78 is 11.1. The summed E-state index contributed by atoms with van der Waals surface area (Å²) in [6.45, 7) is 8.63. The summed E-state index contributed by atoms with van der Waals surface area (Å²) in [6, 6.07) is 6.05. The number of benzene rings is 1. The van der Waals surface area contributed by atoms with Crippen LogP contribution in [0.2, 0.25) is 0 Å². The average molecular weight is 319 g/mol. The molecule has 128 valence electrons. The lowest BCUT2D eigenvalue weighted by atomic mass is 10.2. The summed E-state index contributed by atoms with van der Waals surface area (Å²) in [7, 11) is 1.68. The monoisotopic (exact) mass is 319 g/mol. The van der Waals surface area contributed by atoms with E-state index < -0.39 is 0 Å². The zero-order chi connectivity index (χ0) is 16.5. The summed E-state index contributed by atoms with van der Waals surface area (Å²) in [4.78, 5) is 7.10. The van der Waals surface area contributed by atoms with Crippen LogP contribution in [-0.4, -0.2) is 44.2 Å². The Labute approximate surface area is 139 Å². The number of guanidine groups is 1. The fourth-order valence-electron chi connectivity index (χ4n) is 2.66. The molecule has 0 bridgehead atoms. The number of aliphatic imine (C=N–C) groups is 1. The highest BCUT2D eigenvalue weighted by molar-refractivity contribution is 5.80. The van der Waals surface area contributed by atoms with E-state index in [2.05, 4.69) is 30.1 Å². The van der Waals surface area contributed by atoms with Crippen LogP contribution in [0.15, 0.2) is 23.2 Å². The van der Waals surface area contributed by atoms with E-state index in [0.29, 0.717) is 13.2 Å². The number of methoxy groups -OCH3 is 1. The van der Waals surface area contributed by atoms with Crippen molar-refractivity contribution in [1.82, 2.24) is 10.2 Å². The van der Waals surface area contributed by atoms with Gasteiger partial charge >= 0.3 is 0 Å². The van der Waals surface area contributed by atoms with Crippen LogP contribution in [-0.2, 0) is 6.54 Å². The Kier molecular flexibility index (Phi) is 7.04. The summed E-state index contributed by atoms with van der Waals surface area (Å²) >= 11 is 0. The Hall–Kier alpha value is -1.91. The molecule has 2 rings (SSSR count). The van der Waals surface area contributed by atoms with Crippen LogP contribution >= 0.6 is 0 Å². The first-order valence-corrected chi connectivity index (χ1v) is 8.61. The van der Waals surface area contributed by atoms with Crippen molar-refractivity contribution < 1.29 is 9.47 Å². The molecule has 1 N–H and O–H groups in total. The predicted octanol–water partition coefficient (Wildman–Crippen LogP) is 3.05. The number of hydrogen-bond acceptors (Lipinski definition) is 3. The first-order valence-electron chi connectivity index (χ1n) is 8.61. The molecule has 0 atom stereocenters. The molecule has 1 fully saturated rings. The van der Waals surface area contributed by atoms with Gasteiger partial charge in [0.05, 0.1) is 20.3 Å². The predicted molar refractivity (Wildman–Crippen MR) is 94.4 cm³/mol. The molecule has 0 aromatic heterocycles. The van der Waals surface area contributed by atoms with E-state index in [4.69, 9.17) is 14.5 Å². The average Bonchev–Trinajstić information content (AvgIpc) is 3.11. The zero-order valence-corrected chi connectivity index (χ0v) is 14.6. The third kappa shape index (κ3) is 5.05. The van der Waals surface area contributed by atoms with E-state index in [0.717, 1.165) is 49.1 Å². The van der Waals surface area contributed by atoms with Gasteiger partial charge in [0.15, 0.2) is 17.5 Å². The van der Waals surface area contributed by atoms with Gasteiger partial charge in [0.1, 0.15) is 0 Å². The van der Waals surface area contributed by atoms with Gasteiger partial charge in [-0.1, -0.05) is 13.0 Å². The second-order valence-electron chi connectivity index (χ2n) is 5.70. The zero-order valence-electron chi connectivity index (χ0n) is 14.6. The van der Waals surface area contributed by atoms with Gasteiger partial charge in [0.2, 0.25) is 0 Å². The van der Waals surface area contributed by atoms with Crippen LogP contribution < -0.4 is 14.8 Å². The molecule has 0 unspecified atom stereocenters. The fraction of sp³-hybridized carbons (Fsp3) is 0.611. The molecule has 1 aliphatic rings. The lowest BCUT2D eigenvalue weighted by Crippen LogP contribution is -2.39. The van der Waals surface area contributed by atoms with Crippen molar-refractivity contribution in [2.75, 3.05) is 33.4 Å². The van der Waals surface area contributed by atoms with E-state index in [9.17, 15) is 0 Å². The minimum absolute atomic E-state index is 0.642. The molecule has 0 amide bonds. The van der Waals surface area contributed by atoms with Gasteiger partial charge in [-0.25, -0.2) is 4.99 Å². The number of nitrogens with zero attached hydrogens (tertiary/aromatic N) is 2. The number of rotatable bonds is 7. The van der Waals surface area contributed by atoms with Crippen molar-refractivity contribution in [2.24, 2.45) is 4.99 Å². The quantitative estimate of drug-likeness (QED) is 0.620. The maximum Gasteiger partial charge on any atom is 0.194 e. The van der Waals surface area contributed by atoms with Gasteiger partial charge in [-0.15, -0.1) is 0 Å². The van der Waals surface area contributed by atoms with Crippen molar-refractivity contribution >= 4 is 5.96 Å². The number of nitrogens with one attached hydrogen (secondary N) is 1. The minimum Gasteiger partial charge on any atom is -0.493 e. The SMILES string of the molecule is CCCOc1ccc(CN=C(NCC)N2CCCC2)cc1OC. The summed E-state index contributed by atoms with van der Waals surface area (Å²) in [5.74, 6) is 2.58. The molecule has 0 spiro atoms. The first kappa shape index (κ1) is 17.4. The molecule has 23 heavy (non-hydrogen) atoms. The van der Waals surface area contributed by atoms with Crippen molar-refractivity contribution in [3.05, 3.63) is 23.8 Å². The molecule has 0 saturated carbocycles. The first-order chi connectivity index (χ1) is 11.3. The summed E-state index contributed by atoms with van der Waals surface area (Å²) in [6.07, 6.45) is 3.49. The second-order valence-corrected chi connectivity index (χ2v) is 5.70. The number of ether oxygens (including phenoxy) is 2. The Bertz CT molecular complexity index is 511. The highest BCUT2D eigenvalue weighted by Gasteiger charge is 2.15. The largest absolute Gasteiger partial charge is 0.493 e. The molecule has 5 nitrogen and oxygen atoms in total. The van der Waals surface area contributed by atoms with Gasteiger partial charge in [0, 0.05) is 19.6 Å². The molecule has 5 heteroatoms. The van der Waals surface area contributed by atoms with Gasteiger partial charge in [-0.3, -0.25) is 0 Å². The van der Waals surface area contributed by atoms with Crippen molar-refractivity contribution in [2.45, 2.75) is 39.7 Å². The van der Waals surface area contributed by atoms with Gasteiger partial charge in [-0.2, -0.15) is 0 Å². The minimum atomic E-state index is 0.642. The van der Waals surface area contributed by atoms with Crippen LogP contribution in [0, 0.1) is 0 Å². The Balaban J connectivity index is 2.06. The standard InChI is InChI=1S/C18H29N3O2/c1-4-12-23-16-9-8-15(13-17(16)22-3)14-20-18(19-5-2)21-10-6-7-11-21/h8-9,13H,4-7,10-12,14H2,1-3H3,(H,19,20). The number of likely N-dealkylation sites (tertiary alicyclic amines) is 1. The molecule has 0 aliphatic carbocycles. The van der Waals surface area contributed by atoms with E-state index in [1.807, 2.05) is 12.1 Å². The maximum absolute atomic E-state index is 5.70. The van der Waals surface area contributed by atoms with Gasteiger partial charge in [-0.05, 0) is 43.9 Å². The number of hydrogen-bond donors (Lipinski definition) is 1. The van der Waals surface area contributed by atoms with Crippen molar-refractivity contribution in [1.29, 1.82) is 0 Å². The molecule has 1 heterocycles. The van der Waals surface area contributed by atoms with Gasteiger partial charge in [0.25, 0.3) is 0 Å². The van der Waals surface area contributed by atoms with Crippen LogP contribution in [0.5, 0.6) is 11.5 Å². The second kappa shape index (κ2) is 9.28. The molecule has 1 aromatic rings. The fourth-order valence-corrected chi connectivity index (χ4v) is 2.66. The van der Waals surface area contributed by atoms with E-state index in [1.165, 1.54) is 12.8 Å². The van der Waals surface area contributed by atoms with Crippen molar-refractivity contribution in [3.8, 4) is 11.5 Å². The van der Waals surface area contributed by atoms with Crippen molar-refractivity contribution in [3.63, 3.8) is 0 Å². The Morgan fingerprint density at radius 1 is 1.22 bits per heavy atom. The summed E-state index contributed by atoms with van der Waals surface area (Å²) in [5.41, 5.74) is 1.13. The lowest BCUT2D eigenvalue weighted by Gasteiger charge is -2.20. The molecule has 1 aromatic carbocycles. The summed E-state index contributed by atoms with van der Waals surface area (Å²) in [5, 5.41) is 3.38. The maximum atomic E-state index is 5.70. The highest BCUT2D eigenvalue weighted by atomic mass is 16.5. The topological polar surface area (TPSA) is 46.1 Å². The smallest absolute Gasteiger partial charge is 0.194 e. The van der Waals surface area contributed by atoms with E-state index in [-0.39, 0.29) is 0 Å². The molecule has 1 aliphatic heterocycles. The highest BCUT2D eigenvalue weighted by Crippen LogP contribution is 2.28. The van der Waals surface area contributed by atoms with Crippen LogP contribution in [0.4, 0.5) is 0 Å². The Morgan fingerprint density at radius 2 is 2.00 bits per heavy atom. The molecular formula is C18H29N3O2. The van der Waals surface area contributed by atoms with Crippen LogP contribution in [0.25, 0.3) is 0 Å². The van der Waals surface area contributed by atoms with E-state index >= 15 is 0 Å². The molecule has 0 radical (unpaired) electrons.